The smallest absolute Gasteiger partial charge is 0.248 e. The van der Waals surface area contributed by atoms with Gasteiger partial charge in [0, 0.05) is 25.8 Å². The second-order valence-corrected chi connectivity index (χ2v) is 6.19. The van der Waals surface area contributed by atoms with E-state index in [1.807, 2.05) is 19.2 Å². The minimum atomic E-state index is -0.381. The van der Waals surface area contributed by atoms with Gasteiger partial charge in [-0.25, -0.2) is 9.97 Å². The molecule has 1 saturated heterocycles. The number of hydrogen-bond donors (Lipinski definition) is 3. The fourth-order valence-electron chi connectivity index (χ4n) is 3.66. The van der Waals surface area contributed by atoms with Gasteiger partial charge in [0.15, 0.2) is 0 Å². The lowest BCUT2D eigenvalue weighted by molar-refractivity contribution is -0.133. The number of H-pyrrole nitrogens is 1. The summed E-state index contributed by atoms with van der Waals surface area (Å²) in [6.45, 7) is 3.93. The summed E-state index contributed by atoms with van der Waals surface area (Å²) in [5.41, 5.74) is 0.853. The van der Waals surface area contributed by atoms with Crippen molar-refractivity contribution in [2.24, 2.45) is 17.8 Å². The first-order valence-corrected chi connectivity index (χ1v) is 7.61. The van der Waals surface area contributed by atoms with E-state index in [-0.39, 0.29) is 12.5 Å². The number of carbonyl (C=O) groups is 1. The number of piperidine rings is 1. The van der Waals surface area contributed by atoms with Crippen LogP contribution < -0.4 is 5.32 Å². The third-order valence-corrected chi connectivity index (χ3v) is 4.89. The molecule has 3 N–H and O–H groups in total. The van der Waals surface area contributed by atoms with Crippen molar-refractivity contribution in [3.8, 4) is 0 Å². The van der Waals surface area contributed by atoms with Gasteiger partial charge < -0.3 is 20.3 Å². The number of nitrogens with zero attached hydrogens (tertiary/aromatic N) is 3. The van der Waals surface area contributed by atoms with Crippen LogP contribution in [0.15, 0.2) is 12.3 Å². The van der Waals surface area contributed by atoms with E-state index in [0.29, 0.717) is 17.8 Å². The predicted octanol–water partition coefficient (Wildman–Crippen LogP) is 0.375. The van der Waals surface area contributed by atoms with Crippen molar-refractivity contribution in [1.82, 2.24) is 19.9 Å². The highest BCUT2D eigenvalue weighted by atomic mass is 16.3. The number of aromatic amines is 1. The van der Waals surface area contributed by atoms with Gasteiger partial charge in [0.2, 0.25) is 5.91 Å². The third kappa shape index (κ3) is 2.12. The van der Waals surface area contributed by atoms with Gasteiger partial charge >= 0.3 is 0 Å². The van der Waals surface area contributed by atoms with Crippen LogP contribution in [0.4, 0.5) is 5.82 Å². The van der Waals surface area contributed by atoms with Crippen molar-refractivity contribution in [2.45, 2.75) is 6.92 Å². The average molecular weight is 301 g/mol. The molecule has 2 aliphatic rings. The maximum Gasteiger partial charge on any atom is 0.248 e. The summed E-state index contributed by atoms with van der Waals surface area (Å²) in [5, 5.41) is 13.3. The molecule has 1 aliphatic carbocycles. The summed E-state index contributed by atoms with van der Waals surface area (Å²) in [7, 11) is 0. The summed E-state index contributed by atoms with van der Waals surface area (Å²) in [5.74, 6) is 3.18. The fraction of sp³-hybridized carbons (Fsp3) is 0.533. The number of aliphatic hydroxyl groups is 1. The molecule has 4 rings (SSSR count). The number of carbonyl (C=O) groups excluding carboxylic acids is 1. The molecule has 0 radical (unpaired) electrons. The van der Waals surface area contributed by atoms with Crippen LogP contribution in [-0.4, -0.2) is 57.1 Å². The second-order valence-electron chi connectivity index (χ2n) is 6.19. The van der Waals surface area contributed by atoms with E-state index in [1.165, 1.54) is 0 Å². The number of aliphatic hydroxyl groups excluding tert-OH is 1. The van der Waals surface area contributed by atoms with E-state index in [9.17, 15) is 4.79 Å². The Labute approximate surface area is 127 Å². The number of fused-ring (bicyclic) bond motifs is 2. The highest BCUT2D eigenvalue weighted by Crippen LogP contribution is 2.51. The average Bonchev–Trinajstić information content (AvgIpc) is 2.89. The van der Waals surface area contributed by atoms with Crippen molar-refractivity contribution in [3.05, 3.63) is 18.1 Å². The molecule has 7 nitrogen and oxygen atoms in total. The van der Waals surface area contributed by atoms with Gasteiger partial charge in [-0.2, -0.15) is 0 Å². The van der Waals surface area contributed by atoms with E-state index in [4.69, 9.17) is 5.11 Å². The van der Waals surface area contributed by atoms with Gasteiger partial charge in [-0.05, 0) is 30.7 Å². The summed E-state index contributed by atoms with van der Waals surface area (Å²) >= 11 is 0. The number of anilines is 1. The van der Waals surface area contributed by atoms with Crippen LogP contribution >= 0.6 is 0 Å². The van der Waals surface area contributed by atoms with E-state index < -0.39 is 0 Å². The SMILES string of the molecule is Cc1nc(NC[C@H]2[C@H]3CN(C(=O)CO)C[C@@H]23)c2cc[nH]c2n1. The van der Waals surface area contributed by atoms with Crippen molar-refractivity contribution in [1.29, 1.82) is 0 Å². The van der Waals surface area contributed by atoms with Crippen LogP contribution in [0.25, 0.3) is 11.0 Å². The lowest BCUT2D eigenvalue weighted by atomic mass is 10.2. The number of rotatable bonds is 4. The van der Waals surface area contributed by atoms with E-state index in [0.717, 1.165) is 42.3 Å². The molecule has 3 heterocycles. The zero-order chi connectivity index (χ0) is 15.3. The molecule has 116 valence electrons. The third-order valence-electron chi connectivity index (χ3n) is 4.89. The quantitative estimate of drug-likeness (QED) is 0.759. The molecule has 2 aromatic heterocycles. The maximum atomic E-state index is 11.5. The molecule has 22 heavy (non-hydrogen) atoms. The highest BCUT2D eigenvalue weighted by molar-refractivity contribution is 5.87. The predicted molar refractivity (Wildman–Crippen MR) is 81.3 cm³/mol. The summed E-state index contributed by atoms with van der Waals surface area (Å²) < 4.78 is 0. The van der Waals surface area contributed by atoms with Crippen molar-refractivity contribution in [2.75, 3.05) is 31.6 Å². The molecular weight excluding hydrogens is 282 g/mol. The topological polar surface area (TPSA) is 94.1 Å². The Bertz CT molecular complexity index is 716. The first kappa shape index (κ1) is 13.5. The lowest BCUT2D eigenvalue weighted by Crippen LogP contribution is -2.34. The Morgan fingerprint density at radius 2 is 2.23 bits per heavy atom. The van der Waals surface area contributed by atoms with E-state index in [1.54, 1.807) is 4.90 Å². The summed E-state index contributed by atoms with van der Waals surface area (Å²) in [6, 6.07) is 1.98. The van der Waals surface area contributed by atoms with Crippen LogP contribution in [0.1, 0.15) is 5.82 Å². The molecule has 0 bridgehead atoms. The van der Waals surface area contributed by atoms with Gasteiger partial charge in [0.05, 0.1) is 5.39 Å². The Morgan fingerprint density at radius 3 is 2.95 bits per heavy atom. The minimum absolute atomic E-state index is 0.153. The van der Waals surface area contributed by atoms with Gasteiger partial charge in [0.25, 0.3) is 0 Å². The minimum Gasteiger partial charge on any atom is -0.387 e. The van der Waals surface area contributed by atoms with Crippen molar-refractivity contribution >= 4 is 22.8 Å². The van der Waals surface area contributed by atoms with Crippen LogP contribution in [0.2, 0.25) is 0 Å². The Hall–Kier alpha value is -2.15. The molecule has 0 spiro atoms. The summed E-state index contributed by atoms with van der Waals surface area (Å²) in [6.07, 6.45) is 1.87. The van der Waals surface area contributed by atoms with Crippen LogP contribution in [-0.2, 0) is 4.79 Å². The molecule has 2 fully saturated rings. The zero-order valence-electron chi connectivity index (χ0n) is 12.4. The molecule has 0 aromatic carbocycles. The number of aromatic nitrogens is 3. The number of nitrogens with one attached hydrogen (secondary N) is 2. The molecule has 1 saturated carbocycles. The van der Waals surface area contributed by atoms with Crippen LogP contribution in [0.5, 0.6) is 0 Å². The molecule has 1 aliphatic heterocycles. The molecular formula is C15H19N5O2. The highest BCUT2D eigenvalue weighted by Gasteiger charge is 2.56. The van der Waals surface area contributed by atoms with Crippen molar-refractivity contribution in [3.63, 3.8) is 0 Å². The normalized spacial score (nSPS) is 26.3. The fourth-order valence-corrected chi connectivity index (χ4v) is 3.66. The van der Waals surface area contributed by atoms with Crippen molar-refractivity contribution < 1.29 is 9.90 Å². The van der Waals surface area contributed by atoms with Crippen LogP contribution in [0, 0.1) is 24.7 Å². The lowest BCUT2D eigenvalue weighted by Gasteiger charge is -2.19. The second kappa shape index (κ2) is 4.95. The largest absolute Gasteiger partial charge is 0.387 e. The molecule has 2 aromatic rings. The first-order chi connectivity index (χ1) is 10.7. The van der Waals surface area contributed by atoms with E-state index in [2.05, 4.69) is 20.3 Å². The molecule has 0 unspecified atom stereocenters. The summed E-state index contributed by atoms with van der Waals surface area (Å²) in [4.78, 5) is 25.2. The molecule has 7 heteroatoms. The molecule has 3 atom stereocenters. The number of amides is 1. The number of likely N-dealkylation sites (tertiary alicyclic amines) is 1. The van der Waals surface area contributed by atoms with Gasteiger partial charge in [-0.1, -0.05) is 0 Å². The Balaban J connectivity index is 1.39. The Kier molecular flexibility index (Phi) is 3.04. The number of aryl methyl sites for hydroxylation is 1. The van der Waals surface area contributed by atoms with Crippen LogP contribution in [0.3, 0.4) is 0 Å². The van der Waals surface area contributed by atoms with Gasteiger partial charge in [-0.15, -0.1) is 0 Å². The zero-order valence-corrected chi connectivity index (χ0v) is 12.4. The molecule has 1 amide bonds. The van der Waals surface area contributed by atoms with Gasteiger partial charge in [0.1, 0.15) is 23.9 Å². The maximum absolute atomic E-state index is 11.5. The monoisotopic (exact) mass is 301 g/mol. The Morgan fingerprint density at radius 1 is 1.45 bits per heavy atom. The van der Waals surface area contributed by atoms with Gasteiger partial charge in [-0.3, -0.25) is 4.79 Å². The first-order valence-electron chi connectivity index (χ1n) is 7.61. The number of hydrogen-bond acceptors (Lipinski definition) is 5. The standard InChI is InChI=1S/C15H19N5O2/c1-8-18-14-9(2-3-16-14)15(19-8)17-4-10-11-5-20(6-12(10)11)13(22)7-21/h2-3,10-12,21H,4-7H2,1H3,(H2,16,17,18,19)/t10-,11+,12-. The van der Waals surface area contributed by atoms with E-state index >= 15 is 0 Å².